The van der Waals surface area contributed by atoms with Crippen molar-refractivity contribution in [2.75, 3.05) is 0 Å². The van der Waals surface area contributed by atoms with Crippen LogP contribution in [0.25, 0.3) is 12.3 Å². The van der Waals surface area contributed by atoms with Gasteiger partial charge in [0.15, 0.2) is 0 Å². The second-order valence-corrected chi connectivity index (χ2v) is 2.17. The summed E-state index contributed by atoms with van der Waals surface area (Å²) in [5.74, 6) is 0. The highest BCUT2D eigenvalue weighted by molar-refractivity contribution is 5.57. The van der Waals surface area contributed by atoms with E-state index in [4.69, 9.17) is 0 Å². The van der Waals surface area contributed by atoms with Crippen LogP contribution in [0.5, 0.6) is 0 Å². The highest BCUT2D eigenvalue weighted by Gasteiger charge is 1.80. The van der Waals surface area contributed by atoms with Gasteiger partial charge >= 0.3 is 0 Å². The number of H-pyrrole nitrogens is 1. The lowest BCUT2D eigenvalue weighted by Gasteiger charge is -1.75. The second-order valence-electron chi connectivity index (χ2n) is 2.17. The number of aliphatic imine (C=N–C) groups is 1. The first kappa shape index (κ1) is 7.79. The molecule has 11 heavy (non-hydrogen) atoms. The molecule has 0 spiro atoms. The highest BCUT2D eigenvalue weighted by Crippen LogP contribution is 1.67. The fraction of sp³-hybridized carbons (Fsp3) is 0.222. The summed E-state index contributed by atoms with van der Waals surface area (Å²) in [7, 11) is 0. The van der Waals surface area contributed by atoms with E-state index >= 15 is 0 Å². The van der Waals surface area contributed by atoms with Crippen LogP contribution in [-0.4, -0.2) is 11.2 Å². The molecule has 2 nitrogen and oxygen atoms in total. The number of rotatable bonds is 1. The molecule has 1 heterocycles. The number of nitrogens with one attached hydrogen (secondary N) is 1. The molecule has 2 heteroatoms. The van der Waals surface area contributed by atoms with Gasteiger partial charge in [-0.25, -0.2) is 0 Å². The number of hydrogen-bond donors (Lipinski definition) is 1. The van der Waals surface area contributed by atoms with Gasteiger partial charge in [-0.1, -0.05) is 6.08 Å². The number of nitrogens with zero attached hydrogens (tertiary/aromatic N) is 1. The van der Waals surface area contributed by atoms with Crippen molar-refractivity contribution in [1.29, 1.82) is 0 Å². The largest absolute Gasteiger partial charge is 0.360 e. The van der Waals surface area contributed by atoms with Crippen LogP contribution in [0.3, 0.4) is 0 Å². The molecule has 0 aliphatic rings. The first-order chi connectivity index (χ1) is 5.38. The van der Waals surface area contributed by atoms with Gasteiger partial charge in [0.2, 0.25) is 0 Å². The van der Waals surface area contributed by atoms with Crippen molar-refractivity contribution in [3.8, 4) is 0 Å². The minimum atomic E-state index is 1.06. The Morgan fingerprint density at radius 3 is 2.91 bits per heavy atom. The Balaban J connectivity index is 3.23. The van der Waals surface area contributed by atoms with Gasteiger partial charge < -0.3 is 4.98 Å². The summed E-state index contributed by atoms with van der Waals surface area (Å²) in [6.07, 6.45) is 7.54. The third-order valence-electron chi connectivity index (χ3n) is 1.48. The van der Waals surface area contributed by atoms with E-state index in [0.29, 0.717) is 0 Å². The molecule has 1 N–H and O–H groups in total. The van der Waals surface area contributed by atoms with Crippen molar-refractivity contribution >= 4 is 18.5 Å². The Morgan fingerprint density at radius 1 is 1.45 bits per heavy atom. The summed E-state index contributed by atoms with van der Waals surface area (Å²) < 4.78 is 0. The zero-order valence-electron chi connectivity index (χ0n) is 6.83. The quantitative estimate of drug-likeness (QED) is 0.566. The van der Waals surface area contributed by atoms with E-state index in [1.54, 1.807) is 6.21 Å². The molecule has 0 radical (unpaired) electrons. The van der Waals surface area contributed by atoms with Crippen LogP contribution in [0.15, 0.2) is 17.3 Å². The van der Waals surface area contributed by atoms with Crippen LogP contribution in [-0.2, 0) is 0 Å². The van der Waals surface area contributed by atoms with Gasteiger partial charge in [-0.3, -0.25) is 4.99 Å². The van der Waals surface area contributed by atoms with Gasteiger partial charge in [-0.2, -0.15) is 0 Å². The van der Waals surface area contributed by atoms with Crippen molar-refractivity contribution in [1.82, 2.24) is 4.98 Å². The summed E-state index contributed by atoms with van der Waals surface area (Å²) in [6.45, 7) is 3.91. The van der Waals surface area contributed by atoms with Crippen LogP contribution in [0.1, 0.15) is 13.8 Å². The number of aromatic nitrogens is 1. The molecule has 0 unspecified atom stereocenters. The SMILES string of the molecule is C\C=N/C=c1/[nH]cc/c1=C/C. The van der Waals surface area contributed by atoms with Crippen LogP contribution in [0.2, 0.25) is 0 Å². The van der Waals surface area contributed by atoms with E-state index in [9.17, 15) is 0 Å². The van der Waals surface area contributed by atoms with Crippen molar-refractivity contribution < 1.29 is 0 Å². The first-order valence-electron chi connectivity index (χ1n) is 3.66. The van der Waals surface area contributed by atoms with Crippen molar-refractivity contribution in [3.05, 3.63) is 22.8 Å². The summed E-state index contributed by atoms with van der Waals surface area (Å²) >= 11 is 0. The van der Waals surface area contributed by atoms with E-state index in [2.05, 4.69) is 9.98 Å². The third-order valence-corrected chi connectivity index (χ3v) is 1.48. The molecule has 0 aliphatic heterocycles. The standard InChI is InChI=1S/C9H12N2/c1-3-8-5-6-11-9(8)7-10-4-2/h3-7,11H,1-2H3/b8-3-,9-7+,10-4-. The van der Waals surface area contributed by atoms with E-state index in [-0.39, 0.29) is 0 Å². The van der Waals surface area contributed by atoms with E-state index in [1.165, 1.54) is 5.22 Å². The molecular weight excluding hydrogens is 136 g/mol. The van der Waals surface area contributed by atoms with E-state index < -0.39 is 0 Å². The zero-order valence-corrected chi connectivity index (χ0v) is 6.83. The van der Waals surface area contributed by atoms with Gasteiger partial charge in [0.1, 0.15) is 0 Å². The van der Waals surface area contributed by atoms with Crippen LogP contribution >= 0.6 is 0 Å². The third kappa shape index (κ3) is 1.80. The Morgan fingerprint density at radius 2 is 2.27 bits per heavy atom. The molecule has 0 saturated carbocycles. The van der Waals surface area contributed by atoms with Gasteiger partial charge in [-0.15, -0.1) is 0 Å². The van der Waals surface area contributed by atoms with E-state index in [0.717, 1.165) is 5.35 Å². The lowest BCUT2D eigenvalue weighted by Crippen LogP contribution is -2.20. The maximum Gasteiger partial charge on any atom is 0.0636 e. The number of aromatic amines is 1. The van der Waals surface area contributed by atoms with Crippen molar-refractivity contribution in [2.24, 2.45) is 4.99 Å². The Labute approximate surface area is 66.0 Å². The fourth-order valence-corrected chi connectivity index (χ4v) is 0.907. The molecule has 0 fully saturated rings. The van der Waals surface area contributed by atoms with Crippen LogP contribution < -0.4 is 10.6 Å². The Hall–Kier alpha value is -1.31. The molecule has 0 amide bonds. The maximum absolute atomic E-state index is 4.02. The molecule has 0 bridgehead atoms. The predicted molar refractivity (Wildman–Crippen MR) is 48.8 cm³/mol. The van der Waals surface area contributed by atoms with Gasteiger partial charge in [0.25, 0.3) is 0 Å². The first-order valence-corrected chi connectivity index (χ1v) is 3.66. The van der Waals surface area contributed by atoms with E-state index in [1.807, 2.05) is 38.4 Å². The maximum atomic E-state index is 4.02. The topological polar surface area (TPSA) is 28.1 Å². The number of hydrogen-bond acceptors (Lipinski definition) is 1. The molecule has 1 aromatic heterocycles. The van der Waals surface area contributed by atoms with Gasteiger partial charge in [-0.05, 0) is 25.1 Å². The Bertz CT molecular complexity index is 344. The zero-order chi connectivity index (χ0) is 8.10. The van der Waals surface area contributed by atoms with Crippen molar-refractivity contribution in [3.63, 3.8) is 0 Å². The minimum Gasteiger partial charge on any atom is -0.360 e. The second kappa shape index (κ2) is 3.76. The van der Waals surface area contributed by atoms with Gasteiger partial charge in [0, 0.05) is 12.4 Å². The molecule has 0 aromatic carbocycles. The summed E-state index contributed by atoms with van der Waals surface area (Å²) in [5, 5.41) is 2.25. The molecule has 1 aromatic rings. The molecule has 0 saturated heterocycles. The smallest absolute Gasteiger partial charge is 0.0636 e. The molecule has 58 valence electrons. The van der Waals surface area contributed by atoms with Gasteiger partial charge in [0.05, 0.1) is 11.5 Å². The Kier molecular flexibility index (Phi) is 2.66. The summed E-state index contributed by atoms with van der Waals surface area (Å²) in [6, 6.07) is 2.02. The molecule has 1 rings (SSSR count). The normalized spacial score (nSPS) is 15.1. The molecule has 0 atom stereocenters. The molecule has 0 aliphatic carbocycles. The average molecular weight is 148 g/mol. The predicted octanol–water partition coefficient (Wildman–Crippen LogP) is 0.644. The van der Waals surface area contributed by atoms with Crippen LogP contribution in [0.4, 0.5) is 0 Å². The highest BCUT2D eigenvalue weighted by atomic mass is 14.7. The monoisotopic (exact) mass is 148 g/mol. The lowest BCUT2D eigenvalue weighted by atomic mass is 10.4. The van der Waals surface area contributed by atoms with Crippen LogP contribution in [0, 0.1) is 0 Å². The van der Waals surface area contributed by atoms with Crippen molar-refractivity contribution in [2.45, 2.75) is 13.8 Å². The summed E-state index contributed by atoms with van der Waals surface area (Å²) in [5.41, 5.74) is 0. The fourth-order valence-electron chi connectivity index (χ4n) is 0.907. The molecular formula is C9H12N2. The minimum absolute atomic E-state index is 1.06. The average Bonchev–Trinajstić information content (AvgIpc) is 2.47. The summed E-state index contributed by atoms with van der Waals surface area (Å²) in [4.78, 5) is 7.11. The lowest BCUT2D eigenvalue weighted by molar-refractivity contribution is 1.30.